The van der Waals surface area contributed by atoms with Crippen LogP contribution in [0.15, 0.2) is 18.2 Å². The van der Waals surface area contributed by atoms with Gasteiger partial charge in [-0.2, -0.15) is 5.26 Å². The van der Waals surface area contributed by atoms with Gasteiger partial charge in [-0.25, -0.2) is 0 Å². The molecule has 96 valence electrons. The molecule has 0 radical (unpaired) electrons. The van der Waals surface area contributed by atoms with Crippen molar-refractivity contribution in [2.75, 3.05) is 18.4 Å². The molecule has 3 nitrogen and oxygen atoms in total. The van der Waals surface area contributed by atoms with Crippen molar-refractivity contribution in [1.82, 2.24) is 5.32 Å². The summed E-state index contributed by atoms with van der Waals surface area (Å²) in [6, 6.07) is 7.85. The fourth-order valence-corrected chi connectivity index (χ4v) is 2.61. The minimum atomic E-state index is 0.378. The molecular weight excluding hydrogens is 246 g/mol. The van der Waals surface area contributed by atoms with Crippen LogP contribution in [0.4, 0.5) is 5.69 Å². The number of anilines is 1. The SMILES string of the molecule is CC(Nc1ccc(C#N)cc1Cl)C1CCCNC1. The maximum Gasteiger partial charge on any atom is 0.0992 e. The number of nitrogens with one attached hydrogen (secondary N) is 2. The number of hydrogen-bond acceptors (Lipinski definition) is 3. The smallest absolute Gasteiger partial charge is 0.0992 e. The predicted octanol–water partition coefficient (Wildman–Crippen LogP) is 3.01. The van der Waals surface area contributed by atoms with E-state index in [1.54, 1.807) is 12.1 Å². The molecule has 1 aromatic carbocycles. The van der Waals surface area contributed by atoms with Gasteiger partial charge in [0, 0.05) is 6.04 Å². The van der Waals surface area contributed by atoms with Gasteiger partial charge in [0.25, 0.3) is 0 Å². The minimum Gasteiger partial charge on any atom is -0.381 e. The van der Waals surface area contributed by atoms with Crippen LogP contribution in [0.1, 0.15) is 25.3 Å². The Kier molecular flexibility index (Phi) is 4.46. The topological polar surface area (TPSA) is 47.9 Å². The Balaban J connectivity index is 2.02. The molecule has 0 amide bonds. The van der Waals surface area contributed by atoms with E-state index in [0.29, 0.717) is 22.5 Å². The maximum atomic E-state index is 8.80. The largest absolute Gasteiger partial charge is 0.381 e. The van der Waals surface area contributed by atoms with Crippen molar-refractivity contribution in [3.05, 3.63) is 28.8 Å². The molecule has 4 heteroatoms. The molecule has 1 saturated heterocycles. The second kappa shape index (κ2) is 6.08. The van der Waals surface area contributed by atoms with Crippen molar-refractivity contribution in [2.24, 2.45) is 5.92 Å². The van der Waals surface area contributed by atoms with E-state index >= 15 is 0 Å². The summed E-state index contributed by atoms with van der Waals surface area (Å²) in [7, 11) is 0. The Labute approximate surface area is 113 Å². The Morgan fingerprint density at radius 3 is 3.00 bits per heavy atom. The van der Waals surface area contributed by atoms with Crippen LogP contribution in [0.25, 0.3) is 0 Å². The van der Waals surface area contributed by atoms with E-state index in [0.717, 1.165) is 18.8 Å². The number of nitrogens with zero attached hydrogens (tertiary/aromatic N) is 1. The first-order chi connectivity index (χ1) is 8.70. The standard InChI is InChI=1S/C14H18ClN3/c1-10(12-3-2-6-17-9-12)18-14-5-4-11(8-16)7-13(14)15/h4-5,7,10,12,17-18H,2-3,6,9H2,1H3. The van der Waals surface area contributed by atoms with Gasteiger partial charge in [0.1, 0.15) is 0 Å². The van der Waals surface area contributed by atoms with Gasteiger partial charge in [0.2, 0.25) is 0 Å². The van der Waals surface area contributed by atoms with Crippen molar-refractivity contribution < 1.29 is 0 Å². The minimum absolute atomic E-state index is 0.378. The first kappa shape index (κ1) is 13.2. The molecule has 2 N–H and O–H groups in total. The van der Waals surface area contributed by atoms with Gasteiger partial charge in [-0.15, -0.1) is 0 Å². The van der Waals surface area contributed by atoms with Crippen LogP contribution in [0, 0.1) is 17.2 Å². The normalized spacial score (nSPS) is 21.1. The third kappa shape index (κ3) is 3.16. The molecule has 1 aliphatic heterocycles. The number of rotatable bonds is 3. The van der Waals surface area contributed by atoms with Gasteiger partial charge in [-0.1, -0.05) is 11.6 Å². The summed E-state index contributed by atoms with van der Waals surface area (Å²) in [5.41, 5.74) is 1.51. The second-order valence-corrected chi connectivity index (χ2v) is 5.25. The van der Waals surface area contributed by atoms with Crippen LogP contribution in [-0.4, -0.2) is 19.1 Å². The molecule has 18 heavy (non-hydrogen) atoms. The molecule has 1 aromatic rings. The van der Waals surface area contributed by atoms with E-state index in [1.165, 1.54) is 12.8 Å². The highest BCUT2D eigenvalue weighted by Crippen LogP contribution is 2.26. The quantitative estimate of drug-likeness (QED) is 0.881. The van der Waals surface area contributed by atoms with Gasteiger partial charge >= 0.3 is 0 Å². The van der Waals surface area contributed by atoms with Crippen molar-refractivity contribution in [3.8, 4) is 6.07 Å². The summed E-state index contributed by atoms with van der Waals surface area (Å²) in [4.78, 5) is 0. The molecule has 2 atom stereocenters. The number of piperidine rings is 1. The lowest BCUT2D eigenvalue weighted by Crippen LogP contribution is -2.38. The molecule has 0 aliphatic carbocycles. The van der Waals surface area contributed by atoms with E-state index < -0.39 is 0 Å². The molecule has 1 heterocycles. The van der Waals surface area contributed by atoms with Crippen molar-refractivity contribution >= 4 is 17.3 Å². The average molecular weight is 264 g/mol. The molecule has 2 rings (SSSR count). The molecule has 0 aromatic heterocycles. The van der Waals surface area contributed by atoms with Crippen molar-refractivity contribution in [2.45, 2.75) is 25.8 Å². The van der Waals surface area contributed by atoms with E-state index in [1.807, 2.05) is 6.07 Å². The van der Waals surface area contributed by atoms with E-state index in [2.05, 4.69) is 23.6 Å². The van der Waals surface area contributed by atoms with Gasteiger partial charge in [0.15, 0.2) is 0 Å². The highest BCUT2D eigenvalue weighted by molar-refractivity contribution is 6.33. The first-order valence-electron chi connectivity index (χ1n) is 6.37. The fraction of sp³-hybridized carbons (Fsp3) is 0.500. The van der Waals surface area contributed by atoms with Crippen LogP contribution in [0.2, 0.25) is 5.02 Å². The molecular formula is C14H18ClN3. The molecule has 1 fully saturated rings. The zero-order valence-corrected chi connectivity index (χ0v) is 11.3. The third-order valence-corrected chi connectivity index (χ3v) is 3.84. The molecule has 0 spiro atoms. The van der Waals surface area contributed by atoms with Gasteiger partial charge < -0.3 is 10.6 Å². The monoisotopic (exact) mass is 263 g/mol. The molecule has 0 bridgehead atoms. The second-order valence-electron chi connectivity index (χ2n) is 4.85. The van der Waals surface area contributed by atoms with Crippen LogP contribution >= 0.6 is 11.6 Å². The molecule has 1 aliphatic rings. The summed E-state index contributed by atoms with van der Waals surface area (Å²) in [6.45, 7) is 4.37. The number of halogens is 1. The van der Waals surface area contributed by atoms with Gasteiger partial charge in [0.05, 0.1) is 22.3 Å². The fourth-order valence-electron chi connectivity index (χ4n) is 2.37. The lowest BCUT2D eigenvalue weighted by atomic mass is 9.92. The van der Waals surface area contributed by atoms with Crippen molar-refractivity contribution in [1.29, 1.82) is 5.26 Å². The van der Waals surface area contributed by atoms with E-state index in [9.17, 15) is 0 Å². The number of benzene rings is 1. The highest BCUT2D eigenvalue weighted by atomic mass is 35.5. The average Bonchev–Trinajstić information content (AvgIpc) is 2.42. The zero-order chi connectivity index (χ0) is 13.0. The van der Waals surface area contributed by atoms with E-state index in [4.69, 9.17) is 16.9 Å². The number of hydrogen-bond donors (Lipinski definition) is 2. The summed E-state index contributed by atoms with van der Waals surface area (Å²) < 4.78 is 0. The van der Waals surface area contributed by atoms with Gasteiger partial charge in [-0.3, -0.25) is 0 Å². The Morgan fingerprint density at radius 2 is 2.39 bits per heavy atom. The van der Waals surface area contributed by atoms with Crippen LogP contribution in [0.3, 0.4) is 0 Å². The summed E-state index contributed by atoms with van der Waals surface area (Å²) >= 11 is 6.16. The Morgan fingerprint density at radius 1 is 1.56 bits per heavy atom. The van der Waals surface area contributed by atoms with E-state index in [-0.39, 0.29) is 0 Å². The lowest BCUT2D eigenvalue weighted by Gasteiger charge is -2.29. The lowest BCUT2D eigenvalue weighted by molar-refractivity contribution is 0.347. The number of nitriles is 1. The zero-order valence-electron chi connectivity index (χ0n) is 10.5. The van der Waals surface area contributed by atoms with Gasteiger partial charge in [-0.05, 0) is 57.0 Å². The van der Waals surface area contributed by atoms with Crippen LogP contribution < -0.4 is 10.6 Å². The molecule has 0 saturated carbocycles. The first-order valence-corrected chi connectivity index (χ1v) is 6.75. The maximum absolute atomic E-state index is 8.80. The summed E-state index contributed by atoms with van der Waals surface area (Å²) in [6.07, 6.45) is 2.48. The molecule has 2 unspecified atom stereocenters. The predicted molar refractivity (Wildman–Crippen MR) is 74.8 cm³/mol. The Bertz CT molecular complexity index is 447. The van der Waals surface area contributed by atoms with Crippen LogP contribution in [0.5, 0.6) is 0 Å². The van der Waals surface area contributed by atoms with Crippen molar-refractivity contribution in [3.63, 3.8) is 0 Å². The summed E-state index contributed by atoms with van der Waals surface area (Å²) in [5, 5.41) is 16.3. The van der Waals surface area contributed by atoms with Crippen LogP contribution in [-0.2, 0) is 0 Å². The summed E-state index contributed by atoms with van der Waals surface area (Å²) in [5.74, 6) is 0.630. The Hall–Kier alpha value is -1.24. The highest BCUT2D eigenvalue weighted by Gasteiger charge is 2.20. The third-order valence-electron chi connectivity index (χ3n) is 3.52.